The largest absolute Gasteiger partial charge is 0.368 e. The summed E-state index contributed by atoms with van der Waals surface area (Å²) in [5.74, 6) is 0.480. The van der Waals surface area contributed by atoms with E-state index in [1.165, 1.54) is 11.1 Å². The van der Waals surface area contributed by atoms with E-state index in [9.17, 15) is 4.79 Å². The fraction of sp³-hybridized carbons (Fsp3) is 0.312. The van der Waals surface area contributed by atoms with Crippen LogP contribution in [0.2, 0.25) is 0 Å². The van der Waals surface area contributed by atoms with Crippen LogP contribution in [0.1, 0.15) is 28.5 Å². The van der Waals surface area contributed by atoms with Crippen LogP contribution in [-0.2, 0) is 6.42 Å². The number of aromatic nitrogens is 2. The standard InChI is InChI=1S/C16H20N4O/c1-3-17-16(21)14-8-9-15(20-19-14)18-11-10-13-7-5-4-6-12(13)2/h4-9H,3,10-11H2,1-2H3,(H,17,21)(H,18,20). The fourth-order valence-corrected chi connectivity index (χ4v) is 2.01. The molecule has 2 aromatic rings. The molecular formula is C16H20N4O. The molecule has 0 saturated carbocycles. The van der Waals surface area contributed by atoms with E-state index in [1.54, 1.807) is 12.1 Å². The first-order valence-corrected chi connectivity index (χ1v) is 7.11. The van der Waals surface area contributed by atoms with E-state index in [0.717, 1.165) is 13.0 Å². The van der Waals surface area contributed by atoms with Crippen molar-refractivity contribution in [3.63, 3.8) is 0 Å². The molecule has 0 aliphatic rings. The third-order valence-electron chi connectivity index (χ3n) is 3.20. The molecule has 1 aromatic carbocycles. The van der Waals surface area contributed by atoms with Crippen molar-refractivity contribution in [3.05, 3.63) is 53.2 Å². The Kier molecular flexibility index (Phi) is 5.26. The molecule has 0 spiro atoms. The second-order valence-electron chi connectivity index (χ2n) is 4.77. The molecule has 0 atom stereocenters. The van der Waals surface area contributed by atoms with E-state index in [-0.39, 0.29) is 5.91 Å². The van der Waals surface area contributed by atoms with Gasteiger partial charge in [0.1, 0.15) is 5.82 Å². The Morgan fingerprint density at radius 3 is 2.62 bits per heavy atom. The first kappa shape index (κ1) is 15.0. The molecule has 5 nitrogen and oxygen atoms in total. The predicted octanol–water partition coefficient (Wildman–Crippen LogP) is 2.19. The fourth-order valence-electron chi connectivity index (χ4n) is 2.01. The molecule has 21 heavy (non-hydrogen) atoms. The highest BCUT2D eigenvalue weighted by molar-refractivity contribution is 5.92. The van der Waals surface area contributed by atoms with Crippen molar-refractivity contribution in [2.75, 3.05) is 18.4 Å². The summed E-state index contributed by atoms with van der Waals surface area (Å²) in [6.07, 6.45) is 0.923. The molecule has 1 amide bonds. The number of carbonyl (C=O) groups excluding carboxylic acids is 1. The SMILES string of the molecule is CCNC(=O)c1ccc(NCCc2ccccc2C)nn1. The Bertz CT molecular complexity index is 595. The van der Waals surface area contributed by atoms with Crippen LogP contribution in [0.15, 0.2) is 36.4 Å². The Labute approximate surface area is 124 Å². The lowest BCUT2D eigenvalue weighted by molar-refractivity contribution is 0.0950. The molecule has 2 rings (SSSR count). The van der Waals surface area contributed by atoms with E-state index in [4.69, 9.17) is 0 Å². The zero-order valence-electron chi connectivity index (χ0n) is 12.4. The number of carbonyl (C=O) groups is 1. The van der Waals surface area contributed by atoms with Crippen molar-refractivity contribution in [3.8, 4) is 0 Å². The van der Waals surface area contributed by atoms with Gasteiger partial charge >= 0.3 is 0 Å². The van der Waals surface area contributed by atoms with Crippen LogP contribution in [-0.4, -0.2) is 29.2 Å². The zero-order chi connectivity index (χ0) is 15.1. The molecule has 5 heteroatoms. The lowest BCUT2D eigenvalue weighted by Crippen LogP contribution is -2.24. The average molecular weight is 284 g/mol. The van der Waals surface area contributed by atoms with Crippen molar-refractivity contribution in [1.82, 2.24) is 15.5 Å². The molecule has 0 radical (unpaired) electrons. The molecule has 0 fully saturated rings. The number of anilines is 1. The highest BCUT2D eigenvalue weighted by Crippen LogP contribution is 2.08. The quantitative estimate of drug-likeness (QED) is 0.853. The maximum Gasteiger partial charge on any atom is 0.271 e. The predicted molar refractivity (Wildman–Crippen MR) is 83.4 cm³/mol. The second-order valence-corrected chi connectivity index (χ2v) is 4.77. The Morgan fingerprint density at radius 1 is 1.14 bits per heavy atom. The average Bonchev–Trinajstić information content (AvgIpc) is 2.50. The van der Waals surface area contributed by atoms with Gasteiger partial charge in [-0.1, -0.05) is 24.3 Å². The molecule has 1 heterocycles. The number of nitrogens with one attached hydrogen (secondary N) is 2. The van der Waals surface area contributed by atoms with E-state index in [2.05, 4.69) is 39.9 Å². The van der Waals surface area contributed by atoms with Gasteiger partial charge in [0.15, 0.2) is 5.69 Å². The number of hydrogen-bond acceptors (Lipinski definition) is 4. The summed E-state index contributed by atoms with van der Waals surface area (Å²) in [5, 5.41) is 13.8. The number of hydrogen-bond donors (Lipinski definition) is 2. The third kappa shape index (κ3) is 4.27. The summed E-state index contributed by atoms with van der Waals surface area (Å²) in [5.41, 5.74) is 2.94. The van der Waals surface area contributed by atoms with Crippen LogP contribution in [0.25, 0.3) is 0 Å². The third-order valence-corrected chi connectivity index (χ3v) is 3.20. The molecule has 0 unspecified atom stereocenters. The molecule has 0 aliphatic heterocycles. The van der Waals surface area contributed by atoms with Gasteiger partial charge in [-0.05, 0) is 43.5 Å². The summed E-state index contributed by atoms with van der Waals surface area (Å²) in [4.78, 5) is 11.6. The van der Waals surface area contributed by atoms with Crippen molar-refractivity contribution < 1.29 is 4.79 Å². The van der Waals surface area contributed by atoms with Crippen molar-refractivity contribution >= 4 is 11.7 Å². The van der Waals surface area contributed by atoms with Crippen LogP contribution < -0.4 is 10.6 Å². The number of nitrogens with zero attached hydrogens (tertiary/aromatic N) is 2. The molecule has 0 saturated heterocycles. The van der Waals surface area contributed by atoms with Gasteiger partial charge < -0.3 is 10.6 Å². The highest BCUT2D eigenvalue weighted by Gasteiger charge is 2.06. The summed E-state index contributed by atoms with van der Waals surface area (Å²) in [6.45, 7) is 5.33. The van der Waals surface area contributed by atoms with Crippen LogP contribution in [0.4, 0.5) is 5.82 Å². The smallest absolute Gasteiger partial charge is 0.271 e. The van der Waals surface area contributed by atoms with Crippen molar-refractivity contribution in [1.29, 1.82) is 0 Å². The van der Waals surface area contributed by atoms with Gasteiger partial charge in [-0.2, -0.15) is 0 Å². The summed E-state index contributed by atoms with van der Waals surface area (Å²) in [6, 6.07) is 11.8. The monoisotopic (exact) mass is 284 g/mol. The van der Waals surface area contributed by atoms with Crippen molar-refractivity contribution in [2.24, 2.45) is 0 Å². The second kappa shape index (κ2) is 7.38. The van der Waals surface area contributed by atoms with Crippen LogP contribution in [0, 0.1) is 6.92 Å². The number of benzene rings is 1. The molecule has 2 N–H and O–H groups in total. The zero-order valence-corrected chi connectivity index (χ0v) is 12.4. The lowest BCUT2D eigenvalue weighted by atomic mass is 10.1. The van der Waals surface area contributed by atoms with Gasteiger partial charge in [-0.25, -0.2) is 0 Å². The number of aryl methyl sites for hydroxylation is 1. The maximum atomic E-state index is 11.6. The molecular weight excluding hydrogens is 264 g/mol. The maximum absolute atomic E-state index is 11.6. The van der Waals surface area contributed by atoms with Crippen LogP contribution in [0.5, 0.6) is 0 Å². The number of rotatable bonds is 6. The Morgan fingerprint density at radius 2 is 1.95 bits per heavy atom. The first-order chi connectivity index (χ1) is 10.2. The summed E-state index contributed by atoms with van der Waals surface area (Å²) < 4.78 is 0. The van der Waals surface area contributed by atoms with Crippen LogP contribution in [0.3, 0.4) is 0 Å². The first-order valence-electron chi connectivity index (χ1n) is 7.11. The van der Waals surface area contributed by atoms with Gasteiger partial charge in [-0.15, -0.1) is 10.2 Å². The van der Waals surface area contributed by atoms with Crippen molar-refractivity contribution in [2.45, 2.75) is 20.3 Å². The minimum Gasteiger partial charge on any atom is -0.368 e. The highest BCUT2D eigenvalue weighted by atomic mass is 16.1. The van der Waals surface area contributed by atoms with Gasteiger partial charge in [-0.3, -0.25) is 4.79 Å². The van der Waals surface area contributed by atoms with Gasteiger partial charge in [0, 0.05) is 13.1 Å². The molecule has 0 aliphatic carbocycles. The van der Waals surface area contributed by atoms with E-state index in [1.807, 2.05) is 19.1 Å². The molecule has 0 bridgehead atoms. The minimum absolute atomic E-state index is 0.198. The van der Waals surface area contributed by atoms with E-state index in [0.29, 0.717) is 18.1 Å². The molecule has 110 valence electrons. The van der Waals surface area contributed by atoms with Crippen LogP contribution >= 0.6 is 0 Å². The van der Waals surface area contributed by atoms with E-state index < -0.39 is 0 Å². The molecule has 1 aromatic heterocycles. The lowest BCUT2D eigenvalue weighted by Gasteiger charge is -2.07. The van der Waals surface area contributed by atoms with E-state index >= 15 is 0 Å². The normalized spacial score (nSPS) is 10.2. The summed E-state index contributed by atoms with van der Waals surface area (Å²) >= 11 is 0. The Balaban J connectivity index is 1.87. The summed E-state index contributed by atoms with van der Waals surface area (Å²) in [7, 11) is 0. The number of amides is 1. The van der Waals surface area contributed by atoms with Gasteiger partial charge in [0.25, 0.3) is 5.91 Å². The Hall–Kier alpha value is -2.43. The van der Waals surface area contributed by atoms with Gasteiger partial charge in [0.05, 0.1) is 0 Å². The van der Waals surface area contributed by atoms with Gasteiger partial charge in [0.2, 0.25) is 0 Å². The topological polar surface area (TPSA) is 66.9 Å². The minimum atomic E-state index is -0.198.